The molecule has 30 heavy (non-hydrogen) atoms. The number of carbonyl (C=O) groups is 2. The van der Waals surface area contributed by atoms with Crippen molar-refractivity contribution < 1.29 is 9.59 Å². The summed E-state index contributed by atoms with van der Waals surface area (Å²) in [7, 11) is 0. The van der Waals surface area contributed by atoms with E-state index in [2.05, 4.69) is 22.2 Å². The molecule has 0 aliphatic carbocycles. The number of benzene rings is 1. The molecule has 0 radical (unpaired) electrons. The molecule has 1 aliphatic heterocycles. The van der Waals surface area contributed by atoms with Crippen molar-refractivity contribution in [2.24, 2.45) is 0 Å². The van der Waals surface area contributed by atoms with Crippen molar-refractivity contribution in [2.75, 3.05) is 13.1 Å². The van der Waals surface area contributed by atoms with E-state index >= 15 is 0 Å². The Kier molecular flexibility index (Phi) is 6.18. The van der Waals surface area contributed by atoms with Crippen LogP contribution in [0.15, 0.2) is 30.3 Å². The fourth-order valence-electron chi connectivity index (χ4n) is 4.00. The first-order valence-corrected chi connectivity index (χ1v) is 11.5. The Labute approximate surface area is 180 Å². The Hall–Kier alpha value is -2.67. The predicted molar refractivity (Wildman–Crippen MR) is 120 cm³/mol. The van der Waals surface area contributed by atoms with E-state index < -0.39 is 0 Å². The lowest BCUT2D eigenvalue weighted by Crippen LogP contribution is -2.46. The van der Waals surface area contributed by atoms with Gasteiger partial charge in [-0.25, -0.2) is 4.98 Å². The zero-order valence-corrected chi connectivity index (χ0v) is 18.3. The summed E-state index contributed by atoms with van der Waals surface area (Å²) in [5.41, 5.74) is 2.52. The van der Waals surface area contributed by atoms with E-state index in [9.17, 15) is 9.59 Å². The first-order chi connectivity index (χ1) is 14.5. The maximum absolute atomic E-state index is 12.9. The Morgan fingerprint density at radius 1 is 1.27 bits per heavy atom. The van der Waals surface area contributed by atoms with Crippen LogP contribution >= 0.6 is 11.3 Å². The molecule has 1 aliphatic rings. The van der Waals surface area contributed by atoms with Crippen LogP contribution in [0, 0.1) is 6.92 Å². The number of hydrogen-bond donors (Lipinski definition) is 2. The molecule has 1 saturated heterocycles. The lowest BCUT2D eigenvalue weighted by Gasteiger charge is -2.32. The molecule has 2 aromatic heterocycles. The van der Waals surface area contributed by atoms with E-state index in [0.717, 1.165) is 58.6 Å². The number of hydrogen-bond acceptors (Lipinski definition) is 4. The van der Waals surface area contributed by atoms with Crippen LogP contribution in [-0.2, 0) is 6.42 Å². The molecule has 0 bridgehead atoms. The lowest BCUT2D eigenvalue weighted by molar-refractivity contribution is 0.0693. The molecule has 0 spiro atoms. The molecule has 0 unspecified atom stereocenters. The van der Waals surface area contributed by atoms with E-state index in [4.69, 9.17) is 0 Å². The summed E-state index contributed by atoms with van der Waals surface area (Å²) in [6.45, 7) is 5.38. The molecule has 0 saturated carbocycles. The molecule has 4 rings (SSSR count). The number of likely N-dealkylation sites (tertiary alicyclic amines) is 1. The molecule has 158 valence electrons. The quantitative estimate of drug-likeness (QED) is 0.619. The van der Waals surface area contributed by atoms with E-state index in [1.165, 1.54) is 11.3 Å². The second kappa shape index (κ2) is 9.00. The number of aromatic nitrogens is 2. The first kappa shape index (κ1) is 20.6. The van der Waals surface area contributed by atoms with Gasteiger partial charge in [-0.05, 0) is 44.7 Å². The number of thiazole rings is 1. The number of aromatic amines is 1. The molecular formula is C23H28N4O2S. The average molecular weight is 425 g/mol. The third kappa shape index (κ3) is 4.41. The summed E-state index contributed by atoms with van der Waals surface area (Å²) in [5, 5.41) is 5.15. The van der Waals surface area contributed by atoms with Gasteiger partial charge < -0.3 is 15.2 Å². The zero-order valence-electron chi connectivity index (χ0n) is 17.5. The van der Waals surface area contributed by atoms with Crippen LogP contribution in [0.3, 0.4) is 0 Å². The van der Waals surface area contributed by atoms with Crippen LogP contribution in [0.4, 0.5) is 0 Å². The van der Waals surface area contributed by atoms with Crippen molar-refractivity contribution >= 4 is 34.1 Å². The van der Waals surface area contributed by atoms with Gasteiger partial charge in [0.15, 0.2) is 0 Å². The van der Waals surface area contributed by atoms with Gasteiger partial charge >= 0.3 is 0 Å². The van der Waals surface area contributed by atoms with Crippen molar-refractivity contribution in [1.29, 1.82) is 0 Å². The fraction of sp³-hybridized carbons (Fsp3) is 0.435. The Bertz CT molecular complexity index is 1010. The van der Waals surface area contributed by atoms with Crippen molar-refractivity contribution in [2.45, 2.75) is 52.0 Å². The Morgan fingerprint density at radius 2 is 2.03 bits per heavy atom. The SMILES string of the molecule is CCCCc1nc(C)sc1C(=O)NC1CCN(C(=O)c2cc3ccccc3[nH]2)CC1. The number of nitrogens with zero attached hydrogens (tertiary/aromatic N) is 2. The number of H-pyrrole nitrogens is 1. The van der Waals surface area contributed by atoms with Crippen molar-refractivity contribution in [3.8, 4) is 0 Å². The van der Waals surface area contributed by atoms with Crippen molar-refractivity contribution in [3.05, 3.63) is 51.6 Å². The van der Waals surface area contributed by atoms with Gasteiger partial charge in [0, 0.05) is 30.0 Å². The maximum atomic E-state index is 12.9. The molecule has 7 heteroatoms. The zero-order chi connectivity index (χ0) is 21.1. The van der Waals surface area contributed by atoms with Gasteiger partial charge in [0.1, 0.15) is 10.6 Å². The molecule has 6 nitrogen and oxygen atoms in total. The Morgan fingerprint density at radius 3 is 2.77 bits per heavy atom. The number of nitrogens with one attached hydrogen (secondary N) is 2. The van der Waals surface area contributed by atoms with Crippen LogP contribution in [0.2, 0.25) is 0 Å². The standard InChI is InChI=1S/C23H28N4O2S/c1-3-4-8-19-21(30-15(2)24-19)22(28)25-17-10-12-27(13-11-17)23(29)20-14-16-7-5-6-9-18(16)26-20/h5-7,9,14,17,26H,3-4,8,10-13H2,1-2H3,(H,25,28). The molecule has 0 atom stereocenters. The average Bonchev–Trinajstić information content (AvgIpc) is 3.35. The summed E-state index contributed by atoms with van der Waals surface area (Å²) >= 11 is 1.47. The van der Waals surface area contributed by atoms with Crippen LogP contribution in [0.1, 0.15) is 63.5 Å². The normalized spacial score (nSPS) is 14.9. The van der Waals surface area contributed by atoms with Gasteiger partial charge in [0.2, 0.25) is 0 Å². The number of amides is 2. The monoisotopic (exact) mass is 424 g/mol. The van der Waals surface area contributed by atoms with Crippen LogP contribution in [0.5, 0.6) is 0 Å². The fourth-order valence-corrected chi connectivity index (χ4v) is 4.87. The van der Waals surface area contributed by atoms with Crippen LogP contribution in [-0.4, -0.2) is 45.8 Å². The highest BCUT2D eigenvalue weighted by atomic mass is 32.1. The molecule has 1 fully saturated rings. The van der Waals surface area contributed by atoms with Crippen molar-refractivity contribution in [3.63, 3.8) is 0 Å². The van der Waals surface area contributed by atoms with Crippen LogP contribution < -0.4 is 5.32 Å². The minimum absolute atomic E-state index is 0.0212. The number of carbonyl (C=O) groups excluding carboxylic acids is 2. The van der Waals surface area contributed by atoms with Gasteiger partial charge in [0.25, 0.3) is 11.8 Å². The van der Waals surface area contributed by atoms with E-state index in [1.54, 1.807) is 0 Å². The highest BCUT2D eigenvalue weighted by molar-refractivity contribution is 7.13. The molecule has 2 N–H and O–H groups in total. The highest BCUT2D eigenvalue weighted by Crippen LogP contribution is 2.22. The number of rotatable bonds is 6. The summed E-state index contributed by atoms with van der Waals surface area (Å²) in [5.74, 6) is 0.00278. The summed E-state index contributed by atoms with van der Waals surface area (Å²) < 4.78 is 0. The number of fused-ring (bicyclic) bond motifs is 1. The summed E-state index contributed by atoms with van der Waals surface area (Å²) in [4.78, 5) is 36.1. The van der Waals surface area contributed by atoms with E-state index in [1.807, 2.05) is 42.2 Å². The summed E-state index contributed by atoms with van der Waals surface area (Å²) in [6, 6.07) is 9.90. The topological polar surface area (TPSA) is 78.1 Å². The molecule has 2 amide bonds. The number of piperidine rings is 1. The second-order valence-electron chi connectivity index (χ2n) is 7.92. The molecule has 1 aromatic carbocycles. The minimum atomic E-state index is -0.0212. The second-order valence-corrected chi connectivity index (χ2v) is 9.13. The molecular weight excluding hydrogens is 396 g/mol. The van der Waals surface area contributed by atoms with Gasteiger partial charge in [0.05, 0.1) is 10.7 Å². The number of aryl methyl sites for hydroxylation is 2. The van der Waals surface area contributed by atoms with E-state index in [-0.39, 0.29) is 17.9 Å². The maximum Gasteiger partial charge on any atom is 0.270 e. The summed E-state index contributed by atoms with van der Waals surface area (Å²) in [6.07, 6.45) is 4.50. The minimum Gasteiger partial charge on any atom is -0.351 e. The first-order valence-electron chi connectivity index (χ1n) is 10.7. The molecule has 3 heterocycles. The largest absolute Gasteiger partial charge is 0.351 e. The lowest BCUT2D eigenvalue weighted by atomic mass is 10.0. The molecule has 3 aromatic rings. The smallest absolute Gasteiger partial charge is 0.270 e. The van der Waals surface area contributed by atoms with Crippen molar-refractivity contribution in [1.82, 2.24) is 20.2 Å². The number of unbranched alkanes of at least 4 members (excludes halogenated alkanes) is 1. The van der Waals surface area contributed by atoms with Gasteiger partial charge in [-0.1, -0.05) is 31.5 Å². The van der Waals surface area contributed by atoms with Gasteiger partial charge in [-0.15, -0.1) is 11.3 Å². The third-order valence-electron chi connectivity index (χ3n) is 5.66. The highest BCUT2D eigenvalue weighted by Gasteiger charge is 2.27. The van der Waals surface area contributed by atoms with Crippen LogP contribution in [0.25, 0.3) is 10.9 Å². The van der Waals surface area contributed by atoms with Gasteiger partial charge in [-0.2, -0.15) is 0 Å². The van der Waals surface area contributed by atoms with Gasteiger partial charge in [-0.3, -0.25) is 9.59 Å². The number of para-hydroxylation sites is 1. The Balaban J connectivity index is 1.34. The third-order valence-corrected chi connectivity index (χ3v) is 6.67. The van der Waals surface area contributed by atoms with E-state index in [0.29, 0.717) is 18.8 Å². The predicted octanol–water partition coefficient (Wildman–Crippen LogP) is 4.31.